The first-order valence-electron chi connectivity index (χ1n) is 6.10. The Kier molecular flexibility index (Phi) is 2.23. The van der Waals surface area contributed by atoms with Crippen LogP contribution >= 0.6 is 0 Å². The highest BCUT2D eigenvalue weighted by Gasteiger charge is 2.58. The number of carbonyl (C=O) groups excluding carboxylic acids is 1. The maximum Gasteiger partial charge on any atom is 0.235 e. The van der Waals surface area contributed by atoms with Gasteiger partial charge in [0.25, 0.3) is 0 Å². The molecule has 1 aliphatic heterocycles. The molecule has 1 heterocycles. The van der Waals surface area contributed by atoms with Crippen molar-refractivity contribution in [2.45, 2.75) is 25.6 Å². The fourth-order valence-corrected chi connectivity index (χ4v) is 3.61. The summed E-state index contributed by atoms with van der Waals surface area (Å²) in [5.74, 6) is 0.863. The second-order valence-corrected chi connectivity index (χ2v) is 5.24. The summed E-state index contributed by atoms with van der Waals surface area (Å²) in [6.45, 7) is 2.93. The highest BCUT2D eigenvalue weighted by molar-refractivity contribution is 5.87. The molecule has 2 fully saturated rings. The first-order chi connectivity index (χ1) is 7.69. The molecule has 0 aromatic carbocycles. The van der Waals surface area contributed by atoms with E-state index in [0.717, 1.165) is 6.42 Å². The van der Waals surface area contributed by atoms with Crippen molar-refractivity contribution in [3.8, 4) is 0 Å². The standard InChI is InChI=1S/C13H18O3/c1-8-9-3-5-11-10(8)7-16-13(11,15-2)12(14)6-4-9/h3,5,8-11H,4,6-7H2,1-2H3/t8-,9-,10+,11-,13+/m0/s1. The van der Waals surface area contributed by atoms with Crippen LogP contribution in [-0.2, 0) is 14.3 Å². The van der Waals surface area contributed by atoms with Gasteiger partial charge in [-0.2, -0.15) is 0 Å². The van der Waals surface area contributed by atoms with Crippen molar-refractivity contribution in [1.82, 2.24) is 0 Å². The second-order valence-electron chi connectivity index (χ2n) is 5.24. The van der Waals surface area contributed by atoms with E-state index in [9.17, 15) is 4.79 Å². The Bertz CT molecular complexity index is 349. The molecule has 0 spiro atoms. The summed E-state index contributed by atoms with van der Waals surface area (Å²) in [5.41, 5.74) is 0. The van der Waals surface area contributed by atoms with Crippen LogP contribution < -0.4 is 0 Å². The summed E-state index contributed by atoms with van der Waals surface area (Å²) in [6, 6.07) is 0. The lowest BCUT2D eigenvalue weighted by Crippen LogP contribution is -2.49. The van der Waals surface area contributed by atoms with Gasteiger partial charge in [-0.3, -0.25) is 4.79 Å². The molecule has 0 aromatic rings. The Labute approximate surface area is 95.8 Å². The molecule has 0 radical (unpaired) electrons. The lowest BCUT2D eigenvalue weighted by molar-refractivity contribution is -0.209. The third-order valence-corrected chi connectivity index (χ3v) is 4.70. The van der Waals surface area contributed by atoms with Crippen LogP contribution in [0.1, 0.15) is 19.8 Å². The fourth-order valence-electron chi connectivity index (χ4n) is 3.61. The molecule has 0 amide bonds. The number of allylic oxidation sites excluding steroid dienone is 1. The van der Waals surface area contributed by atoms with E-state index >= 15 is 0 Å². The van der Waals surface area contributed by atoms with E-state index in [0.29, 0.717) is 30.8 Å². The van der Waals surface area contributed by atoms with Crippen molar-refractivity contribution in [2.24, 2.45) is 23.7 Å². The van der Waals surface area contributed by atoms with Crippen LogP contribution in [0.4, 0.5) is 0 Å². The van der Waals surface area contributed by atoms with Crippen molar-refractivity contribution in [3.05, 3.63) is 12.2 Å². The lowest BCUT2D eigenvalue weighted by atomic mass is 9.66. The van der Waals surface area contributed by atoms with E-state index in [-0.39, 0.29) is 11.7 Å². The summed E-state index contributed by atoms with van der Waals surface area (Å²) < 4.78 is 11.2. The number of Topliss-reactive ketones (excluding diaryl/α,β-unsaturated/α-hetero) is 1. The second kappa shape index (κ2) is 3.41. The van der Waals surface area contributed by atoms with Gasteiger partial charge >= 0.3 is 0 Å². The molecular weight excluding hydrogens is 204 g/mol. The smallest absolute Gasteiger partial charge is 0.235 e. The van der Waals surface area contributed by atoms with Gasteiger partial charge < -0.3 is 9.47 Å². The van der Waals surface area contributed by atoms with Crippen molar-refractivity contribution in [2.75, 3.05) is 13.7 Å². The first-order valence-corrected chi connectivity index (χ1v) is 6.10. The number of rotatable bonds is 1. The zero-order valence-electron chi connectivity index (χ0n) is 9.81. The van der Waals surface area contributed by atoms with Gasteiger partial charge in [-0.25, -0.2) is 0 Å². The SMILES string of the molecule is CO[C@@]12OC[C@@H]3[C@@H](C)[C@@H](C=C[C@@H]31)CCC2=O. The molecule has 0 N–H and O–H groups in total. The minimum absolute atomic E-state index is 0.122. The zero-order valence-corrected chi connectivity index (χ0v) is 9.81. The summed E-state index contributed by atoms with van der Waals surface area (Å²) in [6.07, 6.45) is 5.94. The highest BCUT2D eigenvalue weighted by atomic mass is 16.7. The monoisotopic (exact) mass is 222 g/mol. The first kappa shape index (κ1) is 10.5. The van der Waals surface area contributed by atoms with Crippen molar-refractivity contribution in [1.29, 1.82) is 0 Å². The molecule has 5 atom stereocenters. The summed E-state index contributed by atoms with van der Waals surface area (Å²) >= 11 is 0. The summed E-state index contributed by atoms with van der Waals surface area (Å²) in [5, 5.41) is 0. The number of ether oxygens (including phenoxy) is 2. The molecule has 1 saturated carbocycles. The molecular formula is C13H18O3. The van der Waals surface area contributed by atoms with Crippen molar-refractivity contribution < 1.29 is 14.3 Å². The van der Waals surface area contributed by atoms with Gasteiger partial charge in [-0.05, 0) is 24.2 Å². The Balaban J connectivity index is 2.09. The van der Waals surface area contributed by atoms with E-state index in [1.54, 1.807) is 7.11 Å². The quantitative estimate of drug-likeness (QED) is 0.634. The number of hydrogen-bond donors (Lipinski definition) is 0. The number of methoxy groups -OCH3 is 1. The van der Waals surface area contributed by atoms with Crippen LogP contribution in [0.15, 0.2) is 12.2 Å². The van der Waals surface area contributed by atoms with Gasteiger partial charge in [-0.15, -0.1) is 0 Å². The molecule has 0 unspecified atom stereocenters. The molecule has 4 aliphatic rings. The summed E-state index contributed by atoms with van der Waals surface area (Å²) in [4.78, 5) is 12.2. The molecule has 16 heavy (non-hydrogen) atoms. The zero-order chi connectivity index (χ0) is 11.3. The maximum atomic E-state index is 12.2. The molecule has 0 aromatic heterocycles. The third-order valence-electron chi connectivity index (χ3n) is 4.70. The van der Waals surface area contributed by atoms with E-state index in [2.05, 4.69) is 19.1 Å². The Morgan fingerprint density at radius 1 is 1.50 bits per heavy atom. The topological polar surface area (TPSA) is 35.5 Å². The third kappa shape index (κ3) is 1.13. The minimum atomic E-state index is -0.971. The molecule has 3 heteroatoms. The average Bonchev–Trinajstić information content (AvgIpc) is 2.67. The normalized spacial score (nSPS) is 50.5. The molecule has 1 saturated heterocycles. The summed E-state index contributed by atoms with van der Waals surface area (Å²) in [7, 11) is 1.59. The number of hydrogen-bond acceptors (Lipinski definition) is 3. The largest absolute Gasteiger partial charge is 0.347 e. The van der Waals surface area contributed by atoms with Gasteiger partial charge in [0.15, 0.2) is 5.78 Å². The van der Waals surface area contributed by atoms with Crippen molar-refractivity contribution in [3.63, 3.8) is 0 Å². The van der Waals surface area contributed by atoms with Crippen molar-refractivity contribution >= 4 is 5.78 Å². The van der Waals surface area contributed by atoms with Gasteiger partial charge in [0, 0.05) is 19.4 Å². The average molecular weight is 222 g/mol. The van der Waals surface area contributed by atoms with E-state index in [1.807, 2.05) is 0 Å². The van der Waals surface area contributed by atoms with Gasteiger partial charge in [0.05, 0.1) is 6.61 Å². The number of carbonyl (C=O) groups is 1. The van der Waals surface area contributed by atoms with Crippen LogP contribution in [0.25, 0.3) is 0 Å². The van der Waals surface area contributed by atoms with E-state index < -0.39 is 5.79 Å². The Morgan fingerprint density at radius 2 is 2.31 bits per heavy atom. The van der Waals surface area contributed by atoms with E-state index in [4.69, 9.17) is 9.47 Å². The van der Waals surface area contributed by atoms with Crippen LogP contribution in [0, 0.1) is 23.7 Å². The highest BCUT2D eigenvalue weighted by Crippen LogP contribution is 2.50. The molecule has 4 bridgehead atoms. The number of fused-ring (bicyclic) bond motifs is 2. The predicted molar refractivity (Wildman–Crippen MR) is 58.7 cm³/mol. The predicted octanol–water partition coefficient (Wildman–Crippen LogP) is 1.78. The number of ketones is 1. The molecule has 3 aliphatic carbocycles. The van der Waals surface area contributed by atoms with Crippen LogP contribution in [0.3, 0.4) is 0 Å². The van der Waals surface area contributed by atoms with Crippen LogP contribution in [-0.4, -0.2) is 25.3 Å². The minimum Gasteiger partial charge on any atom is -0.347 e. The Morgan fingerprint density at radius 3 is 3.06 bits per heavy atom. The fraction of sp³-hybridized carbons (Fsp3) is 0.769. The van der Waals surface area contributed by atoms with Gasteiger partial charge in [0.2, 0.25) is 5.79 Å². The lowest BCUT2D eigenvalue weighted by Gasteiger charge is -2.40. The Hall–Kier alpha value is -0.670. The molecule has 88 valence electrons. The van der Waals surface area contributed by atoms with Crippen LogP contribution in [0.5, 0.6) is 0 Å². The molecule has 4 rings (SSSR count). The van der Waals surface area contributed by atoms with Crippen LogP contribution in [0.2, 0.25) is 0 Å². The van der Waals surface area contributed by atoms with E-state index in [1.165, 1.54) is 0 Å². The maximum absolute atomic E-state index is 12.2. The van der Waals surface area contributed by atoms with Gasteiger partial charge in [0.1, 0.15) is 0 Å². The van der Waals surface area contributed by atoms with Gasteiger partial charge in [-0.1, -0.05) is 19.1 Å². The molecule has 3 nitrogen and oxygen atoms in total.